The molecule has 0 aliphatic carbocycles. The van der Waals surface area contributed by atoms with Gasteiger partial charge in [0, 0.05) is 22.2 Å². The number of fused-ring (bicyclic) bond motifs is 1. The quantitative estimate of drug-likeness (QED) is 0.784. The molecule has 0 bridgehead atoms. The first-order chi connectivity index (χ1) is 10.1. The van der Waals surface area contributed by atoms with E-state index in [1.807, 2.05) is 18.2 Å². The lowest BCUT2D eigenvalue weighted by molar-refractivity contribution is 0.0697. The minimum atomic E-state index is -1.03. The van der Waals surface area contributed by atoms with Crippen LogP contribution < -0.4 is 5.56 Å². The highest BCUT2D eigenvalue weighted by atomic mass is 16.4. The largest absolute Gasteiger partial charge is 0.478 e. The van der Waals surface area contributed by atoms with Crippen molar-refractivity contribution in [3.8, 4) is 5.69 Å². The first-order valence-electron chi connectivity index (χ1n) is 6.54. The molecule has 0 radical (unpaired) electrons. The third-order valence-corrected chi connectivity index (χ3v) is 3.56. The lowest BCUT2D eigenvalue weighted by Crippen LogP contribution is -2.24. The Bertz CT molecular complexity index is 895. The van der Waals surface area contributed by atoms with Gasteiger partial charge in [-0.1, -0.05) is 36.4 Å². The van der Waals surface area contributed by atoms with Crippen molar-refractivity contribution in [1.82, 2.24) is 4.57 Å². The van der Waals surface area contributed by atoms with Crippen LogP contribution in [0.4, 0.5) is 0 Å². The van der Waals surface area contributed by atoms with Crippen molar-refractivity contribution in [3.63, 3.8) is 0 Å². The molecule has 0 unspecified atom stereocenters. The molecule has 0 spiro atoms. The summed E-state index contributed by atoms with van der Waals surface area (Å²) in [5, 5.41) is 10.4. The topological polar surface area (TPSA) is 59.3 Å². The minimum Gasteiger partial charge on any atom is -0.478 e. The molecule has 1 aromatic heterocycles. The van der Waals surface area contributed by atoms with Gasteiger partial charge >= 0.3 is 5.97 Å². The molecule has 3 aromatic rings. The van der Waals surface area contributed by atoms with Gasteiger partial charge < -0.3 is 5.11 Å². The third kappa shape index (κ3) is 2.01. The van der Waals surface area contributed by atoms with Crippen molar-refractivity contribution in [2.45, 2.75) is 6.92 Å². The second-order valence-electron chi connectivity index (χ2n) is 4.79. The number of hydrogen-bond donors (Lipinski definition) is 1. The first kappa shape index (κ1) is 13.1. The Morgan fingerprint density at radius 3 is 2.14 bits per heavy atom. The predicted molar refractivity (Wildman–Crippen MR) is 81.2 cm³/mol. The number of pyridine rings is 1. The van der Waals surface area contributed by atoms with E-state index in [1.165, 1.54) is 4.57 Å². The van der Waals surface area contributed by atoms with Gasteiger partial charge in [0.25, 0.3) is 5.56 Å². The average Bonchev–Trinajstić information content (AvgIpc) is 2.48. The van der Waals surface area contributed by atoms with Crippen molar-refractivity contribution in [3.05, 3.63) is 76.2 Å². The van der Waals surface area contributed by atoms with Crippen LogP contribution in [-0.2, 0) is 0 Å². The highest BCUT2D eigenvalue weighted by molar-refractivity contribution is 6.04. The fourth-order valence-corrected chi connectivity index (χ4v) is 2.63. The molecule has 104 valence electrons. The number of carboxylic acids is 1. The molecule has 0 saturated heterocycles. The Labute approximate surface area is 120 Å². The lowest BCUT2D eigenvalue weighted by atomic mass is 10.0. The van der Waals surface area contributed by atoms with Crippen LogP contribution in [0, 0.1) is 6.92 Å². The van der Waals surface area contributed by atoms with Crippen LogP contribution >= 0.6 is 0 Å². The molecule has 0 amide bonds. The van der Waals surface area contributed by atoms with E-state index < -0.39 is 5.97 Å². The summed E-state index contributed by atoms with van der Waals surface area (Å²) in [6, 6.07) is 15.9. The number of rotatable bonds is 2. The summed E-state index contributed by atoms with van der Waals surface area (Å²) in [5.41, 5.74) is 1.04. The van der Waals surface area contributed by atoms with E-state index in [4.69, 9.17) is 0 Å². The summed E-state index contributed by atoms with van der Waals surface area (Å²) in [6.07, 6.45) is 0. The molecule has 1 N–H and O–H groups in total. The van der Waals surface area contributed by atoms with Gasteiger partial charge in [-0.15, -0.1) is 0 Å². The maximum Gasteiger partial charge on any atom is 0.338 e. The predicted octanol–water partition coefficient (Wildman–Crippen LogP) is 3.00. The maximum absolute atomic E-state index is 12.7. The molecule has 0 aliphatic rings. The molecule has 1 heterocycles. The second kappa shape index (κ2) is 4.90. The van der Waals surface area contributed by atoms with Crippen molar-refractivity contribution in [2.24, 2.45) is 0 Å². The summed E-state index contributed by atoms with van der Waals surface area (Å²) >= 11 is 0. The Kier molecular flexibility index (Phi) is 3.06. The van der Waals surface area contributed by atoms with Gasteiger partial charge in [-0.2, -0.15) is 0 Å². The lowest BCUT2D eigenvalue weighted by Gasteiger charge is -2.15. The van der Waals surface area contributed by atoms with Gasteiger partial charge in [-0.05, 0) is 25.1 Å². The van der Waals surface area contributed by atoms with E-state index in [-0.39, 0.29) is 11.1 Å². The number of aromatic nitrogens is 1. The van der Waals surface area contributed by atoms with Gasteiger partial charge in [-0.25, -0.2) is 4.79 Å². The number of para-hydroxylation sites is 1. The molecule has 4 nitrogen and oxygen atoms in total. The van der Waals surface area contributed by atoms with Crippen molar-refractivity contribution in [1.29, 1.82) is 0 Å². The molecule has 0 aliphatic heterocycles. The first-order valence-corrected chi connectivity index (χ1v) is 6.54. The molecule has 21 heavy (non-hydrogen) atoms. The molecular formula is C17H13NO3. The zero-order valence-electron chi connectivity index (χ0n) is 11.4. The number of hydrogen-bond acceptors (Lipinski definition) is 2. The highest BCUT2D eigenvalue weighted by Gasteiger charge is 2.18. The fraction of sp³-hybridized carbons (Fsp3) is 0.0588. The highest BCUT2D eigenvalue weighted by Crippen LogP contribution is 2.21. The summed E-state index contributed by atoms with van der Waals surface area (Å²) in [4.78, 5) is 24.3. The van der Waals surface area contributed by atoms with Crippen LogP contribution in [0.5, 0.6) is 0 Å². The third-order valence-electron chi connectivity index (χ3n) is 3.56. The fourth-order valence-electron chi connectivity index (χ4n) is 2.63. The van der Waals surface area contributed by atoms with Crippen LogP contribution in [0.15, 0.2) is 59.4 Å². The standard InChI is InChI=1S/C17H13NO3/c1-11-15(17(20)21)13-9-5-6-10-14(13)16(19)18(11)12-7-3-2-4-8-12/h2-10H,1H3,(H,20,21). The van der Waals surface area contributed by atoms with Crippen LogP contribution in [0.3, 0.4) is 0 Å². The van der Waals surface area contributed by atoms with Gasteiger partial charge in [-0.3, -0.25) is 9.36 Å². The molecule has 0 fully saturated rings. The SMILES string of the molecule is Cc1c(C(=O)O)c2ccccc2c(=O)n1-c1ccccc1. The summed E-state index contributed by atoms with van der Waals surface area (Å²) < 4.78 is 1.45. The number of carboxylic acid groups (broad SMARTS) is 1. The van der Waals surface area contributed by atoms with Crippen LogP contribution in [0.25, 0.3) is 16.5 Å². The van der Waals surface area contributed by atoms with Gasteiger partial charge in [0.1, 0.15) is 0 Å². The Morgan fingerprint density at radius 2 is 1.52 bits per heavy atom. The number of benzene rings is 2. The van der Waals surface area contributed by atoms with Gasteiger partial charge in [0.05, 0.1) is 5.56 Å². The van der Waals surface area contributed by atoms with E-state index in [2.05, 4.69) is 0 Å². The van der Waals surface area contributed by atoms with Crippen LogP contribution in [0.1, 0.15) is 16.1 Å². The molecule has 3 rings (SSSR count). The molecule has 2 aromatic carbocycles. The number of aromatic carboxylic acids is 1. The molecule has 0 saturated carbocycles. The molecule has 0 atom stereocenters. The average molecular weight is 279 g/mol. The van der Waals surface area contributed by atoms with E-state index in [0.29, 0.717) is 22.2 Å². The summed E-state index contributed by atoms with van der Waals surface area (Å²) in [7, 11) is 0. The summed E-state index contributed by atoms with van der Waals surface area (Å²) in [6.45, 7) is 1.66. The normalized spacial score (nSPS) is 10.7. The minimum absolute atomic E-state index is 0.161. The van der Waals surface area contributed by atoms with Crippen molar-refractivity contribution < 1.29 is 9.90 Å². The van der Waals surface area contributed by atoms with Crippen molar-refractivity contribution >= 4 is 16.7 Å². The zero-order valence-corrected chi connectivity index (χ0v) is 11.4. The van der Waals surface area contributed by atoms with Crippen LogP contribution in [0.2, 0.25) is 0 Å². The van der Waals surface area contributed by atoms with Gasteiger partial charge in [0.15, 0.2) is 0 Å². The molecular weight excluding hydrogens is 266 g/mol. The zero-order chi connectivity index (χ0) is 15.0. The Hall–Kier alpha value is -2.88. The molecule has 4 heteroatoms. The monoisotopic (exact) mass is 279 g/mol. The smallest absolute Gasteiger partial charge is 0.338 e. The summed E-state index contributed by atoms with van der Waals surface area (Å²) in [5.74, 6) is -1.03. The van der Waals surface area contributed by atoms with E-state index in [9.17, 15) is 14.7 Å². The Balaban J connectivity index is 2.52. The van der Waals surface area contributed by atoms with E-state index in [1.54, 1.807) is 43.3 Å². The Morgan fingerprint density at radius 1 is 0.952 bits per heavy atom. The van der Waals surface area contributed by atoms with Crippen molar-refractivity contribution in [2.75, 3.05) is 0 Å². The second-order valence-corrected chi connectivity index (χ2v) is 4.79. The van der Waals surface area contributed by atoms with E-state index in [0.717, 1.165) is 0 Å². The maximum atomic E-state index is 12.7. The number of nitrogens with zero attached hydrogens (tertiary/aromatic N) is 1. The van der Waals surface area contributed by atoms with Crippen LogP contribution in [-0.4, -0.2) is 15.6 Å². The van der Waals surface area contributed by atoms with Gasteiger partial charge in [0.2, 0.25) is 0 Å². The van der Waals surface area contributed by atoms with E-state index >= 15 is 0 Å². The number of carbonyl (C=O) groups is 1.